The van der Waals surface area contributed by atoms with E-state index in [2.05, 4.69) is 32.2 Å². The summed E-state index contributed by atoms with van der Waals surface area (Å²) >= 11 is 0. The number of carbonyl (C=O) groups is 1. The van der Waals surface area contributed by atoms with E-state index in [0.717, 1.165) is 11.1 Å². The van der Waals surface area contributed by atoms with Crippen LogP contribution < -0.4 is 4.74 Å². The first-order valence-electron chi connectivity index (χ1n) is 6.99. The molecule has 3 rings (SSSR count). The van der Waals surface area contributed by atoms with Crippen molar-refractivity contribution in [2.75, 3.05) is 0 Å². The third kappa shape index (κ3) is 3.56. The normalized spacial score (nSPS) is 9.88. The third-order valence-corrected chi connectivity index (χ3v) is 3.05. The molecule has 0 saturated carbocycles. The van der Waals surface area contributed by atoms with Crippen LogP contribution in [0.25, 0.3) is 0 Å². The second-order valence-electron chi connectivity index (χ2n) is 4.89. The summed E-state index contributed by atoms with van der Waals surface area (Å²) in [7, 11) is 0. The van der Waals surface area contributed by atoms with Gasteiger partial charge in [0.15, 0.2) is 0 Å². The van der Waals surface area contributed by atoms with E-state index < -0.39 is 5.97 Å². The van der Waals surface area contributed by atoms with E-state index in [1.165, 1.54) is 0 Å². The van der Waals surface area contributed by atoms with Gasteiger partial charge in [0.1, 0.15) is 11.4 Å². The van der Waals surface area contributed by atoms with Gasteiger partial charge in [-0.2, -0.15) is 0 Å². The molecule has 0 fully saturated rings. The quantitative estimate of drug-likeness (QED) is 0.719. The fraction of sp³-hybridized carbons (Fsp3) is 0.0588. The molecular formula is C17H12N4O3. The van der Waals surface area contributed by atoms with E-state index in [9.17, 15) is 4.79 Å². The molecule has 7 nitrogen and oxygen atoms in total. The lowest BCUT2D eigenvalue weighted by Gasteiger charge is -2.02. The van der Waals surface area contributed by atoms with Gasteiger partial charge in [-0.3, -0.25) is 0 Å². The van der Waals surface area contributed by atoms with Crippen LogP contribution in [0.15, 0.2) is 42.6 Å². The molecule has 0 bridgehead atoms. The summed E-state index contributed by atoms with van der Waals surface area (Å²) in [6.45, 7) is 1.97. The lowest BCUT2D eigenvalue weighted by Crippen LogP contribution is -1.99. The highest BCUT2D eigenvalue weighted by Gasteiger charge is 2.16. The van der Waals surface area contributed by atoms with Gasteiger partial charge < -0.3 is 9.84 Å². The zero-order valence-electron chi connectivity index (χ0n) is 12.6. The number of pyridine rings is 1. The Hall–Kier alpha value is -3.66. The summed E-state index contributed by atoms with van der Waals surface area (Å²) in [5, 5.41) is 18.2. The number of hydrogen-bond donors (Lipinski definition) is 2. The van der Waals surface area contributed by atoms with Crippen molar-refractivity contribution >= 4 is 5.97 Å². The number of carboxylic acids is 1. The lowest BCUT2D eigenvalue weighted by atomic mass is 10.2. The number of aromatic nitrogens is 4. The van der Waals surface area contributed by atoms with E-state index in [1.54, 1.807) is 30.5 Å². The molecular weight excluding hydrogens is 308 g/mol. The number of aromatic carboxylic acids is 1. The Kier molecular flexibility index (Phi) is 4.21. The summed E-state index contributed by atoms with van der Waals surface area (Å²) in [5.41, 5.74) is 2.35. The van der Waals surface area contributed by atoms with Crippen molar-refractivity contribution in [2.24, 2.45) is 0 Å². The minimum atomic E-state index is -1.19. The molecule has 118 valence electrons. The minimum absolute atomic E-state index is 0.0924. The topological polar surface area (TPSA) is 101 Å². The van der Waals surface area contributed by atoms with Crippen LogP contribution in [0.1, 0.15) is 27.3 Å². The first kappa shape index (κ1) is 15.2. The van der Waals surface area contributed by atoms with Crippen molar-refractivity contribution in [3.8, 4) is 23.5 Å². The predicted molar refractivity (Wildman–Crippen MR) is 84.8 cm³/mol. The largest absolute Gasteiger partial charge is 0.476 e. The molecule has 3 aromatic rings. The van der Waals surface area contributed by atoms with Gasteiger partial charge in [-0.15, -0.1) is 0 Å². The van der Waals surface area contributed by atoms with Crippen LogP contribution in [0.2, 0.25) is 0 Å². The number of rotatable bonds is 3. The molecule has 7 heteroatoms. The molecule has 0 radical (unpaired) electrons. The smallest absolute Gasteiger partial charge is 0.359 e. The van der Waals surface area contributed by atoms with Crippen LogP contribution in [-0.2, 0) is 0 Å². The second-order valence-corrected chi connectivity index (χ2v) is 4.89. The number of ether oxygens (including phenoxy) is 1. The van der Waals surface area contributed by atoms with E-state index in [1.807, 2.05) is 19.1 Å². The Morgan fingerprint density at radius 1 is 1.17 bits per heavy atom. The molecule has 0 aliphatic rings. The van der Waals surface area contributed by atoms with Crippen LogP contribution in [0.4, 0.5) is 0 Å². The molecule has 2 heterocycles. The predicted octanol–water partition coefficient (Wildman–Crippen LogP) is 2.40. The van der Waals surface area contributed by atoms with Crippen molar-refractivity contribution < 1.29 is 14.6 Å². The van der Waals surface area contributed by atoms with Gasteiger partial charge in [0, 0.05) is 11.8 Å². The average molecular weight is 320 g/mol. The van der Waals surface area contributed by atoms with E-state index in [0.29, 0.717) is 11.4 Å². The lowest BCUT2D eigenvalue weighted by molar-refractivity contribution is 0.0687. The molecule has 2 aromatic heterocycles. The fourth-order valence-electron chi connectivity index (χ4n) is 1.82. The summed E-state index contributed by atoms with van der Waals surface area (Å²) in [4.78, 5) is 15.2. The molecule has 0 amide bonds. The Labute approximate surface area is 137 Å². The molecule has 0 saturated heterocycles. The van der Waals surface area contributed by atoms with Gasteiger partial charge in [0.2, 0.25) is 5.69 Å². The molecule has 0 spiro atoms. The summed E-state index contributed by atoms with van der Waals surface area (Å²) < 4.78 is 5.40. The SMILES string of the molecule is Cc1ccc(C#Cc2ccc(Oc3nn[nH]c3C(=O)O)cc2)nc1. The first-order valence-corrected chi connectivity index (χ1v) is 6.99. The summed E-state index contributed by atoms with van der Waals surface area (Å²) in [5.74, 6) is 5.12. The maximum absolute atomic E-state index is 11.0. The zero-order chi connectivity index (χ0) is 16.9. The standard InChI is InChI=1S/C17H12N4O3/c1-11-2-6-13(18-10-11)7-3-12-4-8-14(9-5-12)24-16-15(17(22)23)19-21-20-16/h2,4-6,8-10H,1H3,(H,22,23)(H,19,20,21). The van der Waals surface area contributed by atoms with Gasteiger partial charge >= 0.3 is 5.97 Å². The number of aryl methyl sites for hydroxylation is 1. The number of nitrogens with zero attached hydrogens (tertiary/aromatic N) is 3. The Bertz CT molecular complexity index is 919. The van der Waals surface area contributed by atoms with Crippen LogP contribution in [0, 0.1) is 18.8 Å². The van der Waals surface area contributed by atoms with E-state index in [4.69, 9.17) is 9.84 Å². The number of nitrogens with one attached hydrogen (secondary N) is 1. The van der Waals surface area contributed by atoms with Crippen molar-refractivity contribution in [1.82, 2.24) is 20.4 Å². The van der Waals surface area contributed by atoms with Crippen LogP contribution >= 0.6 is 0 Å². The molecule has 24 heavy (non-hydrogen) atoms. The first-order chi connectivity index (χ1) is 11.6. The molecule has 0 aliphatic carbocycles. The van der Waals surface area contributed by atoms with Gasteiger partial charge in [0.05, 0.1) is 0 Å². The van der Waals surface area contributed by atoms with Crippen molar-refractivity contribution in [1.29, 1.82) is 0 Å². The number of benzene rings is 1. The summed E-state index contributed by atoms with van der Waals surface area (Å²) in [6, 6.07) is 10.7. The van der Waals surface area contributed by atoms with Gasteiger partial charge in [0.25, 0.3) is 5.88 Å². The number of H-pyrrole nitrogens is 1. The van der Waals surface area contributed by atoms with Gasteiger partial charge in [-0.05, 0) is 48.7 Å². The number of hydrogen-bond acceptors (Lipinski definition) is 5. The number of carboxylic acid groups (broad SMARTS) is 1. The number of aromatic amines is 1. The minimum Gasteiger partial charge on any atom is -0.476 e. The second kappa shape index (κ2) is 6.62. The molecule has 1 aromatic carbocycles. The molecule has 0 aliphatic heterocycles. The van der Waals surface area contributed by atoms with Crippen molar-refractivity contribution in [2.45, 2.75) is 6.92 Å². The monoisotopic (exact) mass is 320 g/mol. The fourth-order valence-corrected chi connectivity index (χ4v) is 1.82. The maximum atomic E-state index is 11.0. The van der Waals surface area contributed by atoms with E-state index in [-0.39, 0.29) is 11.6 Å². The van der Waals surface area contributed by atoms with Crippen LogP contribution in [0.5, 0.6) is 11.6 Å². The van der Waals surface area contributed by atoms with Gasteiger partial charge in [-0.1, -0.05) is 22.3 Å². The Balaban J connectivity index is 1.73. The average Bonchev–Trinajstić information content (AvgIpc) is 3.04. The van der Waals surface area contributed by atoms with Crippen LogP contribution in [-0.4, -0.2) is 31.5 Å². The highest BCUT2D eigenvalue weighted by atomic mass is 16.5. The summed E-state index contributed by atoms with van der Waals surface area (Å²) in [6.07, 6.45) is 1.76. The molecule has 2 N–H and O–H groups in total. The Morgan fingerprint density at radius 3 is 2.62 bits per heavy atom. The molecule has 0 unspecified atom stereocenters. The maximum Gasteiger partial charge on any atom is 0.359 e. The van der Waals surface area contributed by atoms with Crippen LogP contribution in [0.3, 0.4) is 0 Å². The van der Waals surface area contributed by atoms with Crippen molar-refractivity contribution in [3.63, 3.8) is 0 Å². The highest BCUT2D eigenvalue weighted by molar-refractivity contribution is 5.87. The highest BCUT2D eigenvalue weighted by Crippen LogP contribution is 2.21. The third-order valence-electron chi connectivity index (χ3n) is 3.05. The van der Waals surface area contributed by atoms with Crippen molar-refractivity contribution in [3.05, 3.63) is 65.1 Å². The zero-order valence-corrected chi connectivity index (χ0v) is 12.6. The Morgan fingerprint density at radius 2 is 1.96 bits per heavy atom. The molecule has 0 atom stereocenters. The van der Waals surface area contributed by atoms with E-state index >= 15 is 0 Å². The van der Waals surface area contributed by atoms with Gasteiger partial charge in [-0.25, -0.2) is 14.9 Å².